The summed E-state index contributed by atoms with van der Waals surface area (Å²) in [7, 11) is 0. The van der Waals surface area contributed by atoms with Crippen LogP contribution in [0.3, 0.4) is 0 Å². The van der Waals surface area contributed by atoms with Gasteiger partial charge in [0.1, 0.15) is 0 Å². The van der Waals surface area contributed by atoms with Crippen molar-refractivity contribution in [2.75, 3.05) is 11.5 Å². The third-order valence-electron chi connectivity index (χ3n) is 1.47. The lowest BCUT2D eigenvalue weighted by molar-refractivity contribution is 1.31. The van der Waals surface area contributed by atoms with Crippen molar-refractivity contribution in [1.29, 1.82) is 0 Å². The van der Waals surface area contributed by atoms with Crippen molar-refractivity contribution in [3.05, 3.63) is 28.2 Å². The fourth-order valence-corrected chi connectivity index (χ4v) is 1.32. The Hall–Kier alpha value is -0.590. The zero-order valence-electron chi connectivity index (χ0n) is 7.05. The Bertz CT molecular complexity index is 352. The number of halogens is 1. The fourth-order valence-electron chi connectivity index (χ4n) is 0.825. The Balaban J connectivity index is 2.81. The molecule has 0 radical (unpaired) electrons. The monoisotopic (exact) mass is 255 g/mol. The number of hydrogen-bond acceptors (Lipinski definition) is 2. The van der Waals surface area contributed by atoms with Crippen LogP contribution in [0.1, 0.15) is 12.0 Å². The molecule has 0 amide bonds. The summed E-state index contributed by atoms with van der Waals surface area (Å²) in [4.78, 5) is 0. The molecule has 3 heteroatoms. The summed E-state index contributed by atoms with van der Waals surface area (Å²) >= 11 is 7.42. The maximum Gasteiger partial charge on any atom is 0.0459 e. The molecule has 1 rings (SSSR count). The van der Waals surface area contributed by atoms with Gasteiger partial charge in [0.25, 0.3) is 0 Å². The number of benzene rings is 1. The highest BCUT2D eigenvalue weighted by atomic mass is 79.9. The summed E-state index contributed by atoms with van der Waals surface area (Å²) in [5.74, 6) is 6.83. The average molecular weight is 256 g/mol. The topological polar surface area (TPSA) is 26.0 Å². The van der Waals surface area contributed by atoms with Crippen LogP contribution in [0, 0.1) is 11.8 Å². The fraction of sp³-hybridized carbons (Fsp3) is 0.200. The molecular weight excluding hydrogens is 246 g/mol. The lowest BCUT2D eigenvalue weighted by atomic mass is 10.2. The minimum atomic E-state index is 0.736. The highest BCUT2D eigenvalue weighted by Gasteiger charge is 1.94. The van der Waals surface area contributed by atoms with Gasteiger partial charge in [0.05, 0.1) is 0 Å². The summed E-state index contributed by atoms with van der Waals surface area (Å²) in [6, 6.07) is 5.67. The van der Waals surface area contributed by atoms with Crippen LogP contribution in [0.2, 0.25) is 0 Å². The molecule has 13 heavy (non-hydrogen) atoms. The average Bonchev–Trinajstić information content (AvgIpc) is 2.12. The van der Waals surface area contributed by atoms with Crippen LogP contribution in [0.15, 0.2) is 22.7 Å². The maximum atomic E-state index is 5.64. The lowest BCUT2D eigenvalue weighted by Gasteiger charge is -1.96. The zero-order chi connectivity index (χ0) is 9.68. The molecule has 0 aromatic heterocycles. The first kappa shape index (κ1) is 10.5. The number of anilines is 1. The molecule has 0 unspecified atom stereocenters. The first-order valence-corrected chi connectivity index (χ1v) is 5.31. The van der Waals surface area contributed by atoms with Crippen molar-refractivity contribution in [2.45, 2.75) is 6.42 Å². The van der Waals surface area contributed by atoms with Gasteiger partial charge in [0.15, 0.2) is 0 Å². The lowest BCUT2D eigenvalue weighted by Crippen LogP contribution is -1.86. The van der Waals surface area contributed by atoms with Gasteiger partial charge in [-0.2, -0.15) is 12.6 Å². The van der Waals surface area contributed by atoms with Gasteiger partial charge in [0, 0.05) is 27.9 Å². The minimum absolute atomic E-state index is 0.736. The zero-order valence-corrected chi connectivity index (χ0v) is 9.53. The summed E-state index contributed by atoms with van der Waals surface area (Å²) in [5.41, 5.74) is 7.35. The normalized spacial score (nSPS) is 9.08. The molecule has 1 aromatic rings. The van der Waals surface area contributed by atoms with E-state index < -0.39 is 0 Å². The van der Waals surface area contributed by atoms with E-state index in [0.717, 1.165) is 27.9 Å². The molecule has 0 aliphatic carbocycles. The van der Waals surface area contributed by atoms with Crippen LogP contribution in [-0.4, -0.2) is 5.75 Å². The third kappa shape index (κ3) is 3.33. The molecule has 68 valence electrons. The van der Waals surface area contributed by atoms with Crippen LogP contribution in [0.25, 0.3) is 0 Å². The highest BCUT2D eigenvalue weighted by Crippen LogP contribution is 2.19. The number of rotatable bonds is 1. The Morgan fingerprint density at radius 3 is 2.85 bits per heavy atom. The Morgan fingerprint density at radius 2 is 2.23 bits per heavy atom. The van der Waals surface area contributed by atoms with Gasteiger partial charge < -0.3 is 5.73 Å². The van der Waals surface area contributed by atoms with Gasteiger partial charge in [-0.1, -0.05) is 11.8 Å². The predicted octanol–water partition coefficient (Wildman–Crippen LogP) is 2.70. The number of nitrogen functional groups attached to an aromatic ring is 1. The number of nitrogens with two attached hydrogens (primary N) is 1. The molecule has 0 saturated heterocycles. The van der Waals surface area contributed by atoms with E-state index in [2.05, 4.69) is 40.4 Å². The van der Waals surface area contributed by atoms with E-state index in [4.69, 9.17) is 5.73 Å². The van der Waals surface area contributed by atoms with E-state index in [-0.39, 0.29) is 0 Å². The van der Waals surface area contributed by atoms with E-state index in [1.807, 2.05) is 18.2 Å². The molecule has 0 aliphatic rings. The third-order valence-corrected chi connectivity index (χ3v) is 2.38. The maximum absolute atomic E-state index is 5.64. The highest BCUT2D eigenvalue weighted by molar-refractivity contribution is 9.10. The first-order valence-electron chi connectivity index (χ1n) is 3.89. The van der Waals surface area contributed by atoms with Crippen molar-refractivity contribution >= 4 is 34.2 Å². The van der Waals surface area contributed by atoms with Gasteiger partial charge >= 0.3 is 0 Å². The molecule has 0 spiro atoms. The van der Waals surface area contributed by atoms with Crippen LogP contribution in [0.4, 0.5) is 5.69 Å². The predicted molar refractivity (Wildman–Crippen MR) is 63.9 cm³/mol. The SMILES string of the molecule is Nc1ccc(C#CCCS)cc1Br. The van der Waals surface area contributed by atoms with E-state index in [9.17, 15) is 0 Å². The van der Waals surface area contributed by atoms with Crippen LogP contribution < -0.4 is 5.73 Å². The molecule has 0 bridgehead atoms. The van der Waals surface area contributed by atoms with Crippen molar-refractivity contribution < 1.29 is 0 Å². The van der Waals surface area contributed by atoms with Gasteiger partial charge in [-0.25, -0.2) is 0 Å². The standard InChI is InChI=1S/C10H10BrNS/c11-9-7-8(3-1-2-6-13)4-5-10(9)12/h4-5,7,13H,2,6,12H2. The van der Waals surface area contributed by atoms with Crippen LogP contribution >= 0.6 is 28.6 Å². The number of hydrogen-bond donors (Lipinski definition) is 2. The van der Waals surface area contributed by atoms with E-state index in [1.165, 1.54) is 0 Å². The molecule has 0 atom stereocenters. The van der Waals surface area contributed by atoms with Crippen molar-refractivity contribution in [3.8, 4) is 11.8 Å². The van der Waals surface area contributed by atoms with E-state index in [0.29, 0.717) is 0 Å². The Kier molecular flexibility index (Phi) is 4.20. The molecule has 0 fully saturated rings. The Labute approximate surface area is 92.3 Å². The van der Waals surface area contributed by atoms with Crippen LogP contribution in [-0.2, 0) is 0 Å². The second-order valence-corrected chi connectivity index (χ2v) is 3.81. The minimum Gasteiger partial charge on any atom is -0.398 e. The summed E-state index contributed by atoms with van der Waals surface area (Å²) in [6.07, 6.45) is 0.811. The molecule has 1 aromatic carbocycles. The summed E-state index contributed by atoms with van der Waals surface area (Å²) < 4.78 is 0.894. The second-order valence-electron chi connectivity index (χ2n) is 2.51. The molecule has 0 heterocycles. The van der Waals surface area contributed by atoms with Crippen LogP contribution in [0.5, 0.6) is 0 Å². The molecule has 0 aliphatic heterocycles. The van der Waals surface area contributed by atoms with Gasteiger partial charge in [0.2, 0.25) is 0 Å². The Morgan fingerprint density at radius 1 is 1.46 bits per heavy atom. The number of thiol groups is 1. The van der Waals surface area contributed by atoms with E-state index in [1.54, 1.807) is 0 Å². The molecule has 2 N–H and O–H groups in total. The second kappa shape index (κ2) is 5.21. The van der Waals surface area contributed by atoms with Crippen molar-refractivity contribution in [1.82, 2.24) is 0 Å². The molecular formula is C10H10BrNS. The van der Waals surface area contributed by atoms with Crippen molar-refractivity contribution in [2.24, 2.45) is 0 Å². The molecule has 1 nitrogen and oxygen atoms in total. The van der Waals surface area contributed by atoms with Crippen molar-refractivity contribution in [3.63, 3.8) is 0 Å². The quantitative estimate of drug-likeness (QED) is 0.451. The largest absolute Gasteiger partial charge is 0.398 e. The smallest absolute Gasteiger partial charge is 0.0459 e. The summed E-state index contributed by atoms with van der Waals surface area (Å²) in [5, 5.41) is 0. The van der Waals surface area contributed by atoms with Gasteiger partial charge in [-0.15, -0.1) is 0 Å². The summed E-state index contributed by atoms with van der Waals surface area (Å²) in [6.45, 7) is 0. The van der Waals surface area contributed by atoms with E-state index >= 15 is 0 Å². The molecule has 0 saturated carbocycles. The van der Waals surface area contributed by atoms with Gasteiger partial charge in [-0.05, 0) is 34.1 Å². The first-order chi connectivity index (χ1) is 6.24. The van der Waals surface area contributed by atoms with Gasteiger partial charge in [-0.3, -0.25) is 0 Å².